The number of benzene rings is 2. The number of hydrogen-bond donors (Lipinski definition) is 4. The molecule has 0 fully saturated rings. The molecule has 0 saturated carbocycles. The summed E-state index contributed by atoms with van der Waals surface area (Å²) in [5.41, 5.74) is 19.6. The molecule has 1 atom stereocenters. The molecule has 0 aliphatic carbocycles. The summed E-state index contributed by atoms with van der Waals surface area (Å²) in [6.07, 6.45) is 1.21. The molecule has 0 bridgehead atoms. The zero-order chi connectivity index (χ0) is 50.7. The second-order valence-corrected chi connectivity index (χ2v) is 19.8. The Morgan fingerprint density at radius 3 is 1.61 bits per heavy atom. The molecule has 0 radical (unpaired) electrons. The van der Waals surface area contributed by atoms with Crippen molar-refractivity contribution < 1.29 is 51.2 Å². The maximum atomic E-state index is 13.3. The van der Waals surface area contributed by atoms with Crippen LogP contribution in [-0.4, -0.2) is 205 Å². The fourth-order valence-electron chi connectivity index (χ4n) is 7.49. The second kappa shape index (κ2) is 32.8. The predicted octanol–water partition coefficient (Wildman–Crippen LogP) is 2.28. The third-order valence-corrected chi connectivity index (χ3v) is 13.8. The molecule has 1 aliphatic heterocycles. The second-order valence-electron chi connectivity index (χ2n) is 17.2. The topological polar surface area (TPSA) is 244 Å². The van der Waals surface area contributed by atoms with E-state index < -0.39 is 15.6 Å². The SMILES string of the molecule is CN1Cc2c(Cl)cc(Cl)cc2[C@H](c2cccc(S(=O)(=O)NCCOCCOCCN(C)C(=O)CCC(N)(CCC(=O)N(C)CCOCCOCCN)CCC(=O)N(C)CCOCCOCCN)c2)C1. The van der Waals surface area contributed by atoms with Crippen LogP contribution in [0.2, 0.25) is 10.0 Å². The van der Waals surface area contributed by atoms with Crippen molar-refractivity contribution in [2.24, 2.45) is 17.2 Å². The average molecular weight is 1030 g/mol. The molecule has 2 aromatic rings. The Balaban J connectivity index is 1.40. The van der Waals surface area contributed by atoms with Crippen molar-refractivity contribution in [2.45, 2.75) is 61.4 Å². The van der Waals surface area contributed by atoms with Crippen LogP contribution in [0.3, 0.4) is 0 Å². The highest BCUT2D eigenvalue weighted by molar-refractivity contribution is 7.89. The molecule has 2 aromatic carbocycles. The van der Waals surface area contributed by atoms with Crippen LogP contribution in [0.25, 0.3) is 0 Å². The van der Waals surface area contributed by atoms with Gasteiger partial charge in [-0.15, -0.1) is 0 Å². The Bertz CT molecular complexity index is 1920. The van der Waals surface area contributed by atoms with E-state index in [9.17, 15) is 22.8 Å². The molecule has 19 nitrogen and oxygen atoms in total. The van der Waals surface area contributed by atoms with Gasteiger partial charge in [-0.3, -0.25) is 14.4 Å². The summed E-state index contributed by atoms with van der Waals surface area (Å²) in [6.45, 7) is 7.44. The summed E-state index contributed by atoms with van der Waals surface area (Å²) in [7, 11) is 3.25. The van der Waals surface area contributed by atoms with Crippen LogP contribution in [-0.2, 0) is 59.4 Å². The van der Waals surface area contributed by atoms with E-state index in [1.807, 2.05) is 19.2 Å². The third-order valence-electron chi connectivity index (χ3n) is 11.7. The first kappa shape index (κ1) is 60.2. The maximum absolute atomic E-state index is 13.3. The van der Waals surface area contributed by atoms with Gasteiger partial charge in [0.2, 0.25) is 27.7 Å². The highest BCUT2D eigenvalue weighted by Crippen LogP contribution is 2.39. The number of amides is 3. The number of hydrogen-bond acceptors (Lipinski definition) is 15. The molecule has 1 heterocycles. The minimum Gasteiger partial charge on any atom is -0.378 e. The molecule has 22 heteroatoms. The van der Waals surface area contributed by atoms with Gasteiger partial charge in [-0.25, -0.2) is 13.1 Å². The van der Waals surface area contributed by atoms with E-state index in [4.69, 9.17) is 68.8 Å². The van der Waals surface area contributed by atoms with E-state index in [-0.39, 0.29) is 100 Å². The van der Waals surface area contributed by atoms with E-state index in [1.165, 1.54) is 0 Å². The molecule has 3 amide bonds. The number of nitrogens with two attached hydrogens (primary N) is 3. The molecule has 0 unspecified atom stereocenters. The quantitative estimate of drug-likeness (QED) is 0.0710. The lowest BCUT2D eigenvalue weighted by Gasteiger charge is -2.33. The van der Waals surface area contributed by atoms with Crippen molar-refractivity contribution in [3.63, 3.8) is 0 Å². The van der Waals surface area contributed by atoms with Crippen molar-refractivity contribution in [3.05, 3.63) is 63.1 Å². The summed E-state index contributed by atoms with van der Waals surface area (Å²) in [6, 6.07) is 10.5. The van der Waals surface area contributed by atoms with Crippen molar-refractivity contribution in [1.29, 1.82) is 0 Å². The van der Waals surface area contributed by atoms with Gasteiger partial charge in [-0.05, 0) is 67.3 Å². The fourth-order valence-corrected chi connectivity index (χ4v) is 9.12. The zero-order valence-electron chi connectivity index (χ0n) is 41.1. The highest BCUT2D eigenvalue weighted by atomic mass is 35.5. The van der Waals surface area contributed by atoms with E-state index in [0.29, 0.717) is 109 Å². The Morgan fingerprint density at radius 1 is 0.696 bits per heavy atom. The molecular weight excluding hydrogens is 956 g/mol. The van der Waals surface area contributed by atoms with Crippen molar-refractivity contribution in [1.82, 2.24) is 24.3 Å². The van der Waals surface area contributed by atoms with Gasteiger partial charge in [0.15, 0.2) is 0 Å². The van der Waals surface area contributed by atoms with Crippen LogP contribution >= 0.6 is 23.2 Å². The summed E-state index contributed by atoms with van der Waals surface area (Å²) in [4.78, 5) is 46.5. The highest BCUT2D eigenvalue weighted by Gasteiger charge is 2.30. The van der Waals surface area contributed by atoms with E-state index in [0.717, 1.165) is 16.7 Å². The van der Waals surface area contributed by atoms with E-state index in [2.05, 4.69) is 9.62 Å². The largest absolute Gasteiger partial charge is 0.378 e. The van der Waals surface area contributed by atoms with Crippen LogP contribution in [0, 0.1) is 0 Å². The van der Waals surface area contributed by atoms with Crippen LogP contribution in [0.4, 0.5) is 0 Å². The van der Waals surface area contributed by atoms with E-state index in [1.54, 1.807) is 60.1 Å². The third kappa shape index (κ3) is 22.9. The normalized spacial score (nSPS) is 14.2. The first-order chi connectivity index (χ1) is 33.0. The van der Waals surface area contributed by atoms with E-state index >= 15 is 0 Å². The first-order valence-electron chi connectivity index (χ1n) is 23.6. The van der Waals surface area contributed by atoms with Gasteiger partial charge in [-0.1, -0.05) is 35.3 Å². The Hall–Kier alpha value is -3.06. The van der Waals surface area contributed by atoms with Crippen molar-refractivity contribution >= 4 is 50.9 Å². The summed E-state index contributed by atoms with van der Waals surface area (Å²) >= 11 is 12.9. The van der Waals surface area contributed by atoms with Crippen LogP contribution < -0.4 is 21.9 Å². The number of nitrogens with zero attached hydrogens (tertiary/aromatic N) is 4. The number of fused-ring (bicyclic) bond motifs is 1. The van der Waals surface area contributed by atoms with Crippen LogP contribution in [0.5, 0.6) is 0 Å². The molecule has 392 valence electrons. The van der Waals surface area contributed by atoms with Gasteiger partial charge in [0.05, 0.1) is 84.2 Å². The Labute approximate surface area is 419 Å². The number of halogens is 2. The molecule has 0 saturated heterocycles. The van der Waals surface area contributed by atoms with Gasteiger partial charge in [0, 0.05) is 114 Å². The zero-order valence-corrected chi connectivity index (χ0v) is 43.4. The number of ether oxygens (including phenoxy) is 6. The number of sulfonamides is 1. The van der Waals surface area contributed by atoms with Gasteiger partial charge < -0.3 is 65.2 Å². The minimum absolute atomic E-state index is 0.0607. The molecule has 0 aromatic heterocycles. The average Bonchev–Trinajstić information content (AvgIpc) is 3.32. The van der Waals surface area contributed by atoms with Gasteiger partial charge >= 0.3 is 0 Å². The van der Waals surface area contributed by atoms with Gasteiger partial charge in [-0.2, -0.15) is 0 Å². The lowest BCUT2D eigenvalue weighted by molar-refractivity contribution is -0.131. The molecule has 69 heavy (non-hydrogen) atoms. The van der Waals surface area contributed by atoms with Gasteiger partial charge in [0.25, 0.3) is 0 Å². The number of rotatable bonds is 37. The number of likely N-dealkylation sites (N-methyl/N-ethyl adjacent to an activating group) is 4. The maximum Gasteiger partial charge on any atom is 0.240 e. The lowest BCUT2D eigenvalue weighted by atomic mass is 9.84. The Morgan fingerprint density at radius 2 is 1.14 bits per heavy atom. The molecule has 3 rings (SSSR count). The molecule has 7 N–H and O–H groups in total. The minimum atomic E-state index is -3.82. The summed E-state index contributed by atoms with van der Waals surface area (Å²) < 4.78 is 62.2. The van der Waals surface area contributed by atoms with Crippen LogP contribution in [0.15, 0.2) is 41.3 Å². The summed E-state index contributed by atoms with van der Waals surface area (Å²) in [5, 5.41) is 1.13. The fraction of sp³-hybridized carbons (Fsp3) is 0.681. The lowest BCUT2D eigenvalue weighted by Crippen LogP contribution is -2.44. The smallest absolute Gasteiger partial charge is 0.240 e. The predicted molar refractivity (Wildman–Crippen MR) is 267 cm³/mol. The standard InChI is InChI=1S/C47H78Cl2N8O11S/c1-54-35-41(40-33-38(48)34-43(49)42(40)36-54)37-6-5-7-39(32-37)69(61,62)53-16-22-65-28-31-68-25-19-57(4)46(60)10-13-47(52,11-8-44(58)55(2)17-23-66-29-26-63-20-14-50)12-9-45(59)56(3)18-24-67-30-27-64-21-15-51/h5-7,32-34,41,53H,8-31,35-36,50-52H2,1-4H3/t41-/m0/s1. The monoisotopic (exact) mass is 1030 g/mol. The van der Waals surface area contributed by atoms with Gasteiger partial charge in [0.1, 0.15) is 0 Å². The van der Waals surface area contributed by atoms with Crippen molar-refractivity contribution in [3.8, 4) is 0 Å². The summed E-state index contributed by atoms with van der Waals surface area (Å²) in [5.74, 6) is -0.502. The molecule has 0 spiro atoms. The number of carbonyl (C=O) groups excluding carboxylic acids is 3. The number of carbonyl (C=O) groups is 3. The Kier molecular flexibility index (Phi) is 28.7. The van der Waals surface area contributed by atoms with Crippen LogP contribution in [0.1, 0.15) is 61.1 Å². The first-order valence-corrected chi connectivity index (χ1v) is 25.9. The molecular formula is C47H78Cl2N8O11S. The van der Waals surface area contributed by atoms with Crippen molar-refractivity contribution in [2.75, 3.05) is 153 Å². The number of nitrogens with one attached hydrogen (secondary N) is 1. The molecule has 1 aliphatic rings.